The van der Waals surface area contributed by atoms with Gasteiger partial charge in [-0.3, -0.25) is 23.4 Å². The quantitative estimate of drug-likeness (QED) is 0.442. The van der Waals surface area contributed by atoms with Crippen LogP contribution in [-0.2, 0) is 30.0 Å². The Labute approximate surface area is 66.5 Å². The van der Waals surface area contributed by atoms with Crippen molar-refractivity contribution in [3.8, 4) is 0 Å². The fraction of sp³-hybridized carbons (Fsp3) is 0. The number of hydrogen-bond acceptors (Lipinski definition) is 2. The van der Waals surface area contributed by atoms with Gasteiger partial charge in [-0.2, -0.15) is 0 Å². The second kappa shape index (κ2) is 10.3. The van der Waals surface area contributed by atoms with E-state index in [2.05, 4.69) is 13.8 Å². The van der Waals surface area contributed by atoms with Crippen molar-refractivity contribution in [2.75, 3.05) is 0 Å². The molecule has 0 aliphatic carbocycles. The van der Waals surface area contributed by atoms with Crippen LogP contribution in [0.3, 0.4) is 0 Å². The molecule has 5 heteroatoms. The summed E-state index contributed by atoms with van der Waals surface area (Å²) >= 11 is 0. The second-order valence-corrected chi connectivity index (χ2v) is 0.787. The van der Waals surface area contributed by atoms with E-state index < -0.39 is 11.9 Å². The monoisotopic (exact) mass is 224 g/mol. The number of carboxylic acids is 2. The van der Waals surface area contributed by atoms with Gasteiger partial charge in [-0.25, -0.2) is 0 Å². The van der Waals surface area contributed by atoms with Crippen LogP contribution >= 0.6 is 0 Å². The van der Waals surface area contributed by atoms with Gasteiger partial charge < -0.3 is 10.2 Å². The Hall–Kier alpha value is -0.658. The van der Waals surface area contributed by atoms with Crippen molar-refractivity contribution in [1.82, 2.24) is 0 Å². The molecule has 0 aromatic carbocycles. The zero-order valence-corrected chi connectivity index (χ0v) is 6.00. The molecule has 2 N–H and O–H groups in total. The molecule has 0 unspecified atom stereocenters. The fourth-order valence-electron chi connectivity index (χ4n) is 0. The summed E-state index contributed by atoms with van der Waals surface area (Å²) < 4.78 is 0. The van der Waals surface area contributed by atoms with E-state index in [1.165, 1.54) is 0 Å². The van der Waals surface area contributed by atoms with E-state index in [1.54, 1.807) is 0 Å². The van der Waals surface area contributed by atoms with Crippen LogP contribution in [0.25, 0.3) is 0 Å². The molecule has 0 aliphatic heterocycles. The van der Waals surface area contributed by atoms with Gasteiger partial charge in [0.15, 0.2) is 11.9 Å². The third kappa shape index (κ3) is 484. The zero-order chi connectivity index (χ0) is 7.15. The Morgan fingerprint density at radius 2 is 1.00 bits per heavy atom. The van der Waals surface area contributed by atoms with E-state index >= 15 is 0 Å². The Morgan fingerprint density at radius 1 is 1.00 bits per heavy atom. The number of carboxylic acid groups (broad SMARTS) is 2. The first-order valence-electron chi connectivity index (χ1n) is 1.56. The van der Waals surface area contributed by atoms with E-state index in [-0.39, 0.29) is 20.4 Å². The van der Waals surface area contributed by atoms with Crippen molar-refractivity contribution in [2.45, 2.75) is 0 Å². The van der Waals surface area contributed by atoms with Crippen LogP contribution in [0.2, 0.25) is 0 Å². The first kappa shape index (κ1) is 15.8. The molecule has 0 atom stereocenters. The summed E-state index contributed by atoms with van der Waals surface area (Å²) in [5, 5.41) is 14.6. The molecule has 0 heterocycles. The van der Waals surface area contributed by atoms with Crippen molar-refractivity contribution < 1.29 is 40.2 Å². The van der Waals surface area contributed by atoms with E-state index in [9.17, 15) is 0 Å². The molecular weight excluding hydrogens is 218 g/mol. The average molecular weight is 225 g/mol. The standard InChI is InChI=1S/2C2H3O2.Pd/c2*1-2(3)4;/h2*1H2,(H,3,4);/q2*-1;+2. The van der Waals surface area contributed by atoms with E-state index in [1.807, 2.05) is 0 Å². The van der Waals surface area contributed by atoms with E-state index in [4.69, 9.17) is 19.8 Å². The van der Waals surface area contributed by atoms with Gasteiger partial charge in [0, 0.05) is 0 Å². The maximum absolute atomic E-state index is 8.89. The topological polar surface area (TPSA) is 74.6 Å². The molecule has 0 aromatic rings. The number of hydrogen-bond donors (Lipinski definition) is 2. The minimum atomic E-state index is -1.08. The van der Waals surface area contributed by atoms with Gasteiger partial charge in [0.1, 0.15) is 0 Å². The average Bonchev–Trinajstić information content (AvgIpc) is 1.25. The molecule has 0 aromatic heterocycles. The van der Waals surface area contributed by atoms with Crippen molar-refractivity contribution in [1.29, 1.82) is 0 Å². The van der Waals surface area contributed by atoms with Crippen LogP contribution in [0, 0.1) is 13.8 Å². The number of aliphatic carboxylic acids is 2. The summed E-state index contributed by atoms with van der Waals surface area (Å²) in [5.74, 6) is -2.17. The van der Waals surface area contributed by atoms with Gasteiger partial charge in [-0.1, -0.05) is 0 Å². The normalized spacial score (nSPS) is 5.33. The molecular formula is C4H6O4Pd. The first-order valence-corrected chi connectivity index (χ1v) is 1.56. The third-order valence-corrected chi connectivity index (χ3v) is 0. The van der Waals surface area contributed by atoms with Gasteiger partial charge in [0.05, 0.1) is 0 Å². The summed E-state index contributed by atoms with van der Waals surface area (Å²) in [4.78, 5) is 17.8. The molecule has 0 spiro atoms. The van der Waals surface area contributed by atoms with Gasteiger partial charge >= 0.3 is 20.4 Å². The van der Waals surface area contributed by atoms with Crippen LogP contribution in [0.1, 0.15) is 0 Å². The van der Waals surface area contributed by atoms with E-state index in [0.29, 0.717) is 0 Å². The van der Waals surface area contributed by atoms with Crippen molar-refractivity contribution in [3.63, 3.8) is 0 Å². The van der Waals surface area contributed by atoms with Crippen LogP contribution in [0.15, 0.2) is 0 Å². The molecule has 0 rings (SSSR count). The van der Waals surface area contributed by atoms with Crippen molar-refractivity contribution in [3.05, 3.63) is 13.8 Å². The Morgan fingerprint density at radius 3 is 1.00 bits per heavy atom. The fourth-order valence-corrected chi connectivity index (χ4v) is 0. The maximum Gasteiger partial charge on any atom is 2.00 e. The molecule has 0 saturated carbocycles. The zero-order valence-electron chi connectivity index (χ0n) is 4.44. The predicted octanol–water partition coefficient (Wildman–Crippen LogP) is -0.192. The van der Waals surface area contributed by atoms with Crippen LogP contribution < -0.4 is 0 Å². The molecule has 56 valence electrons. The van der Waals surface area contributed by atoms with Crippen molar-refractivity contribution in [2.24, 2.45) is 0 Å². The third-order valence-electron chi connectivity index (χ3n) is 0. The summed E-state index contributed by atoms with van der Waals surface area (Å²) in [7, 11) is 0. The molecule has 0 fully saturated rings. The first-order chi connectivity index (χ1) is 3.46. The number of rotatable bonds is 0. The Balaban J connectivity index is -0.0000000720. The Kier molecular flexibility index (Phi) is 18.1. The minimum absolute atomic E-state index is 0. The Bertz CT molecular complexity index is 70.6. The van der Waals surface area contributed by atoms with Gasteiger partial charge in [0.25, 0.3) is 0 Å². The molecule has 0 saturated heterocycles. The van der Waals surface area contributed by atoms with Crippen LogP contribution in [0.5, 0.6) is 0 Å². The van der Waals surface area contributed by atoms with Crippen molar-refractivity contribution >= 4 is 11.9 Å². The molecule has 0 radical (unpaired) electrons. The largest absolute Gasteiger partial charge is 2.00 e. The second-order valence-electron chi connectivity index (χ2n) is 0.787. The summed E-state index contributed by atoms with van der Waals surface area (Å²) in [6.07, 6.45) is 0. The summed E-state index contributed by atoms with van der Waals surface area (Å²) in [5.41, 5.74) is 0. The van der Waals surface area contributed by atoms with Gasteiger partial charge in [-0.15, -0.1) is 0 Å². The molecule has 0 bridgehead atoms. The minimum Gasteiger partial charge on any atom is -0.503 e. The van der Waals surface area contributed by atoms with E-state index in [0.717, 1.165) is 0 Å². The molecule has 9 heavy (non-hydrogen) atoms. The predicted molar refractivity (Wildman–Crippen MR) is 26.0 cm³/mol. The van der Waals surface area contributed by atoms with Crippen LogP contribution in [-0.4, -0.2) is 22.2 Å². The SMILES string of the molecule is [CH2-]C(=O)O.[CH2-]C(=O)O.[Pd+2]. The maximum atomic E-state index is 8.89. The van der Waals surface area contributed by atoms with Gasteiger partial charge in [-0.05, 0) is 0 Å². The number of carbonyl (C=O) groups is 2. The molecule has 4 nitrogen and oxygen atoms in total. The van der Waals surface area contributed by atoms with Crippen LogP contribution in [0.4, 0.5) is 0 Å². The molecule has 0 aliphatic rings. The van der Waals surface area contributed by atoms with Gasteiger partial charge in [0.2, 0.25) is 0 Å². The molecule has 0 amide bonds. The summed E-state index contributed by atoms with van der Waals surface area (Å²) in [6.45, 7) is 5.11. The smallest absolute Gasteiger partial charge is 0.503 e. The summed E-state index contributed by atoms with van der Waals surface area (Å²) in [6, 6.07) is 0.